The number of rotatable bonds is 75. The number of aliphatic hydroxyl groups excluding tert-OH is 9. The molecule has 1 saturated carbocycles. The summed E-state index contributed by atoms with van der Waals surface area (Å²) in [6.07, 6.45) is 25.0. The number of aliphatic hydroxyl groups is 9. The lowest BCUT2D eigenvalue weighted by molar-refractivity contribution is -0.360. The standard InChI is InChI=1S/C90H167O25P/c1-6-10-14-18-22-25-28-31-32-35-37-40-43-50-56-62-74(93)107-68-72-78(97)80(99)84(103)90(111-72)114-87-85(112-76(95)64-58-51-44-41-38-34-30-27-24-20-16-12-8-3)81(100)82(101)86(113-89-83(102)79(98)77(96)71(65-91)110-89)88(87)115-116(104,105)108-67-70(66-106-73(92)61-55-49-42-39-36-33-29-26-23-19-15-11-7-2)109-75(94)63-57-52-46-45-48-54-60-69(5)59-53-47-21-17-13-9-4/h25,28,69-72,77-91,96-103H,6-24,26-27,29-68H2,1-5H3,(H,104,105)/b28-25-. The van der Waals surface area contributed by atoms with Crippen LogP contribution in [-0.2, 0) is 70.7 Å². The van der Waals surface area contributed by atoms with Crippen molar-refractivity contribution in [2.75, 3.05) is 26.4 Å². The summed E-state index contributed by atoms with van der Waals surface area (Å²) in [5, 5.41) is 102. The molecule has 0 bridgehead atoms. The molecule has 19 unspecified atom stereocenters. The van der Waals surface area contributed by atoms with Gasteiger partial charge < -0.3 is 88.7 Å². The topological polar surface area (TPSA) is 380 Å². The van der Waals surface area contributed by atoms with Crippen LogP contribution in [0.4, 0.5) is 0 Å². The van der Waals surface area contributed by atoms with Crippen LogP contribution in [0.15, 0.2) is 12.2 Å². The summed E-state index contributed by atoms with van der Waals surface area (Å²) in [4.78, 5) is 66.5. The molecule has 0 aromatic heterocycles. The highest BCUT2D eigenvalue weighted by atomic mass is 31.2. The summed E-state index contributed by atoms with van der Waals surface area (Å²) in [5.74, 6) is -2.29. The second-order valence-corrected chi connectivity index (χ2v) is 35.2. The quantitative estimate of drug-likeness (QED) is 0.00889. The first-order valence-corrected chi connectivity index (χ1v) is 48.3. The van der Waals surface area contributed by atoms with Gasteiger partial charge >= 0.3 is 31.7 Å². The summed E-state index contributed by atoms with van der Waals surface area (Å²) in [6.45, 7) is 7.91. The van der Waals surface area contributed by atoms with Crippen LogP contribution in [0.1, 0.15) is 401 Å². The van der Waals surface area contributed by atoms with Gasteiger partial charge in [-0.25, -0.2) is 4.57 Å². The van der Waals surface area contributed by atoms with E-state index in [1.54, 1.807) is 0 Å². The molecule has 2 saturated heterocycles. The third kappa shape index (κ3) is 48.9. The maximum atomic E-state index is 14.9. The molecule has 3 aliphatic rings. The van der Waals surface area contributed by atoms with Crippen LogP contribution >= 0.6 is 7.82 Å². The molecule has 2 aliphatic heterocycles. The van der Waals surface area contributed by atoms with E-state index in [4.69, 9.17) is 46.9 Å². The van der Waals surface area contributed by atoms with Crippen molar-refractivity contribution in [2.45, 2.75) is 505 Å². The number of phosphoric ester groups is 1. The van der Waals surface area contributed by atoms with E-state index in [9.17, 15) is 74.6 Å². The van der Waals surface area contributed by atoms with Gasteiger partial charge in [-0.1, -0.05) is 336 Å². The minimum atomic E-state index is -5.80. The van der Waals surface area contributed by atoms with E-state index in [1.165, 1.54) is 161 Å². The fourth-order valence-electron chi connectivity index (χ4n) is 15.6. The number of unbranched alkanes of at least 4 members (excludes halogenated alkanes) is 45. The molecule has 25 nitrogen and oxygen atoms in total. The van der Waals surface area contributed by atoms with E-state index in [1.807, 2.05) is 0 Å². The number of phosphoric acid groups is 1. The van der Waals surface area contributed by atoms with Crippen molar-refractivity contribution in [3.63, 3.8) is 0 Å². The van der Waals surface area contributed by atoms with Crippen LogP contribution in [0, 0.1) is 5.92 Å². The Hall–Kier alpha value is -2.79. The Morgan fingerprint density at radius 2 is 0.698 bits per heavy atom. The predicted molar refractivity (Wildman–Crippen MR) is 449 cm³/mol. The van der Waals surface area contributed by atoms with E-state index < -0.39 is 162 Å². The number of carbonyl (C=O) groups is 4. The molecule has 0 aromatic rings. The van der Waals surface area contributed by atoms with E-state index in [2.05, 4.69) is 46.8 Å². The number of carbonyl (C=O) groups excluding carboxylic acids is 4. The fraction of sp³-hybridized carbons (Fsp3) is 0.933. The largest absolute Gasteiger partial charge is 0.472 e. The van der Waals surface area contributed by atoms with E-state index >= 15 is 0 Å². The zero-order valence-electron chi connectivity index (χ0n) is 72.7. The first-order valence-electron chi connectivity index (χ1n) is 46.8. The Balaban J connectivity index is 1.92. The van der Waals surface area contributed by atoms with Gasteiger partial charge in [0.1, 0.15) is 92.6 Å². The maximum Gasteiger partial charge on any atom is 0.472 e. The predicted octanol–water partition coefficient (Wildman–Crippen LogP) is 17.0. The highest BCUT2D eigenvalue weighted by molar-refractivity contribution is 7.47. The lowest BCUT2D eigenvalue weighted by Crippen LogP contribution is -2.70. The first kappa shape index (κ1) is 107. The van der Waals surface area contributed by atoms with E-state index in [0.717, 1.165) is 148 Å². The van der Waals surface area contributed by atoms with Gasteiger partial charge in [0.15, 0.2) is 24.8 Å². The van der Waals surface area contributed by atoms with Crippen molar-refractivity contribution in [3.8, 4) is 0 Å². The van der Waals surface area contributed by atoms with Crippen LogP contribution in [0.2, 0.25) is 0 Å². The van der Waals surface area contributed by atoms with Crippen molar-refractivity contribution < 1.29 is 122 Å². The smallest absolute Gasteiger partial charge is 0.463 e. The van der Waals surface area contributed by atoms with E-state index in [0.29, 0.717) is 38.0 Å². The van der Waals surface area contributed by atoms with Gasteiger partial charge in [0.2, 0.25) is 0 Å². The molecular weight excluding hydrogens is 1510 g/mol. The minimum Gasteiger partial charge on any atom is -0.463 e. The van der Waals surface area contributed by atoms with Crippen LogP contribution in [0.3, 0.4) is 0 Å². The van der Waals surface area contributed by atoms with Crippen molar-refractivity contribution in [2.24, 2.45) is 5.92 Å². The van der Waals surface area contributed by atoms with Crippen molar-refractivity contribution in [3.05, 3.63) is 12.2 Å². The Labute approximate surface area is 699 Å². The zero-order chi connectivity index (χ0) is 84.8. The van der Waals surface area contributed by atoms with Crippen LogP contribution in [0.5, 0.6) is 0 Å². The summed E-state index contributed by atoms with van der Waals surface area (Å²) < 4.78 is 73.4. The zero-order valence-corrected chi connectivity index (χ0v) is 73.6. The highest BCUT2D eigenvalue weighted by Crippen LogP contribution is 2.49. The van der Waals surface area contributed by atoms with Gasteiger partial charge in [-0.3, -0.25) is 28.2 Å². The molecule has 3 rings (SSSR count). The molecule has 0 amide bonds. The van der Waals surface area contributed by atoms with Gasteiger partial charge in [-0.15, -0.1) is 0 Å². The van der Waals surface area contributed by atoms with Crippen molar-refractivity contribution in [1.82, 2.24) is 0 Å². The Morgan fingerprint density at radius 1 is 0.362 bits per heavy atom. The SMILES string of the molecule is CCCCCC/C=C\CCCCCCCCCC(=O)OCC1OC(OC2C(OC(=O)CCCCCCCCCCCCCCC)C(O)C(O)C(OC3OC(CO)C(O)C(O)C3O)C2OP(=O)(O)OCC(COC(=O)CCCCCCCCCCCCCCC)OC(=O)CCCCCCCCC(C)CCCCCCCC)C(O)C(O)C1O. The van der Waals surface area contributed by atoms with Gasteiger partial charge in [-0.05, 0) is 57.3 Å². The fourth-order valence-corrected chi connectivity index (χ4v) is 16.6. The van der Waals surface area contributed by atoms with Gasteiger partial charge in [0.05, 0.1) is 13.2 Å². The minimum absolute atomic E-state index is 0.0107. The molecular formula is C90H167O25P. The Bertz CT molecular complexity index is 2480. The van der Waals surface area contributed by atoms with E-state index in [-0.39, 0.29) is 25.7 Å². The monoisotopic (exact) mass is 1680 g/mol. The Kier molecular flexibility index (Phi) is 63.5. The molecule has 19 atom stereocenters. The maximum absolute atomic E-state index is 14.9. The Morgan fingerprint density at radius 3 is 1.12 bits per heavy atom. The number of esters is 4. The molecule has 682 valence electrons. The molecule has 1 aliphatic carbocycles. The normalized spacial score (nSPS) is 25.4. The third-order valence-electron chi connectivity index (χ3n) is 23.2. The molecule has 0 aromatic carbocycles. The number of allylic oxidation sites excluding steroid dienone is 2. The number of ether oxygens (including phenoxy) is 8. The molecule has 3 fully saturated rings. The highest BCUT2D eigenvalue weighted by Gasteiger charge is 2.60. The second-order valence-electron chi connectivity index (χ2n) is 33.8. The lowest BCUT2D eigenvalue weighted by atomic mass is 9.84. The average molecular weight is 1680 g/mol. The first-order chi connectivity index (χ1) is 56.1. The number of hydrogen-bond acceptors (Lipinski definition) is 24. The van der Waals surface area contributed by atoms with Gasteiger partial charge in [0, 0.05) is 25.7 Å². The van der Waals surface area contributed by atoms with Crippen LogP contribution in [0.25, 0.3) is 0 Å². The van der Waals surface area contributed by atoms with Gasteiger partial charge in [-0.2, -0.15) is 0 Å². The summed E-state index contributed by atoms with van der Waals surface area (Å²) in [6, 6.07) is 0. The second kappa shape index (κ2) is 68.6. The summed E-state index contributed by atoms with van der Waals surface area (Å²) in [7, 11) is -5.80. The van der Waals surface area contributed by atoms with Crippen molar-refractivity contribution >= 4 is 31.7 Å². The van der Waals surface area contributed by atoms with Gasteiger partial charge in [0.25, 0.3) is 0 Å². The summed E-state index contributed by atoms with van der Waals surface area (Å²) in [5.41, 5.74) is 0. The number of hydrogen-bond donors (Lipinski definition) is 10. The van der Waals surface area contributed by atoms with Crippen LogP contribution < -0.4 is 0 Å². The molecule has 0 spiro atoms. The lowest BCUT2D eigenvalue weighted by Gasteiger charge is -2.50. The molecule has 0 radical (unpaired) electrons. The molecule has 26 heteroatoms. The van der Waals surface area contributed by atoms with Crippen molar-refractivity contribution in [1.29, 1.82) is 0 Å². The molecule has 2 heterocycles. The summed E-state index contributed by atoms with van der Waals surface area (Å²) >= 11 is 0. The average Bonchev–Trinajstić information content (AvgIpc) is 0.753. The third-order valence-corrected chi connectivity index (χ3v) is 24.2. The molecule has 116 heavy (non-hydrogen) atoms. The molecule has 10 N–H and O–H groups in total. The van der Waals surface area contributed by atoms with Crippen LogP contribution in [-0.4, -0.2) is 205 Å².